The fourth-order valence-electron chi connectivity index (χ4n) is 1.96. The number of benzene rings is 1. The first-order valence-corrected chi connectivity index (χ1v) is 7.50. The van der Waals surface area contributed by atoms with E-state index in [1.54, 1.807) is 11.3 Å². The molecule has 0 amide bonds. The standard InChI is InChI=1S/C15H19N3S/c1-18(2)13-7-3-11(4-8-13)15-17-10-14(19-15)9-16-12-5-6-12/h3-4,7-8,10,12,16H,5-6,9H2,1-2H3. The van der Waals surface area contributed by atoms with Gasteiger partial charge in [-0.25, -0.2) is 4.98 Å². The van der Waals surface area contributed by atoms with Crippen LogP contribution in [0.2, 0.25) is 0 Å². The Morgan fingerprint density at radius 1 is 1.26 bits per heavy atom. The third-order valence-electron chi connectivity index (χ3n) is 3.33. The summed E-state index contributed by atoms with van der Waals surface area (Å²) in [4.78, 5) is 7.95. The second-order valence-electron chi connectivity index (χ2n) is 5.23. The lowest BCUT2D eigenvalue weighted by atomic mass is 10.2. The topological polar surface area (TPSA) is 28.2 Å². The van der Waals surface area contributed by atoms with E-state index in [1.165, 1.54) is 29.0 Å². The van der Waals surface area contributed by atoms with E-state index in [0.717, 1.165) is 17.6 Å². The Hall–Kier alpha value is -1.39. The van der Waals surface area contributed by atoms with Crippen LogP contribution in [0.1, 0.15) is 17.7 Å². The Bertz CT molecular complexity index is 541. The number of anilines is 1. The maximum Gasteiger partial charge on any atom is 0.123 e. The molecular formula is C15H19N3S. The highest BCUT2D eigenvalue weighted by atomic mass is 32.1. The number of nitrogens with zero attached hydrogens (tertiary/aromatic N) is 2. The van der Waals surface area contributed by atoms with Gasteiger partial charge in [0.25, 0.3) is 0 Å². The molecule has 1 fully saturated rings. The molecule has 4 heteroatoms. The number of hydrogen-bond donors (Lipinski definition) is 1. The van der Waals surface area contributed by atoms with Crippen molar-refractivity contribution in [2.24, 2.45) is 0 Å². The number of hydrogen-bond acceptors (Lipinski definition) is 4. The number of nitrogens with one attached hydrogen (secondary N) is 1. The van der Waals surface area contributed by atoms with Crippen molar-refractivity contribution in [2.45, 2.75) is 25.4 Å². The number of aromatic nitrogens is 1. The minimum atomic E-state index is 0.755. The predicted octanol–water partition coefficient (Wildman–Crippen LogP) is 3.13. The van der Waals surface area contributed by atoms with Crippen molar-refractivity contribution in [3.8, 4) is 10.6 Å². The van der Waals surface area contributed by atoms with Gasteiger partial charge in [-0.1, -0.05) is 0 Å². The molecule has 0 saturated heterocycles. The third-order valence-corrected chi connectivity index (χ3v) is 4.37. The van der Waals surface area contributed by atoms with Crippen molar-refractivity contribution in [1.82, 2.24) is 10.3 Å². The van der Waals surface area contributed by atoms with Gasteiger partial charge in [-0.2, -0.15) is 0 Å². The molecule has 1 heterocycles. The molecule has 0 spiro atoms. The highest BCUT2D eigenvalue weighted by Gasteiger charge is 2.20. The van der Waals surface area contributed by atoms with Crippen LogP contribution in [0.25, 0.3) is 10.6 Å². The molecule has 1 saturated carbocycles. The van der Waals surface area contributed by atoms with E-state index in [4.69, 9.17) is 0 Å². The first-order chi connectivity index (χ1) is 9.22. The molecule has 100 valence electrons. The zero-order chi connectivity index (χ0) is 13.2. The average Bonchev–Trinajstić information content (AvgIpc) is 3.13. The molecule has 0 atom stereocenters. The van der Waals surface area contributed by atoms with Crippen LogP contribution < -0.4 is 10.2 Å². The van der Waals surface area contributed by atoms with Crippen LogP contribution in [0.15, 0.2) is 30.5 Å². The normalized spacial score (nSPS) is 14.6. The molecule has 2 aromatic rings. The van der Waals surface area contributed by atoms with Gasteiger partial charge in [0.1, 0.15) is 5.01 Å². The van der Waals surface area contributed by atoms with Crippen LogP contribution in [0.3, 0.4) is 0 Å². The Kier molecular flexibility index (Phi) is 3.53. The summed E-state index contributed by atoms with van der Waals surface area (Å²) in [7, 11) is 4.11. The van der Waals surface area contributed by atoms with Gasteiger partial charge in [0, 0.05) is 49.0 Å². The van der Waals surface area contributed by atoms with Gasteiger partial charge in [-0.15, -0.1) is 11.3 Å². The molecule has 1 aliphatic carbocycles. The molecule has 19 heavy (non-hydrogen) atoms. The predicted molar refractivity (Wildman–Crippen MR) is 81.7 cm³/mol. The van der Waals surface area contributed by atoms with Crippen LogP contribution in [0.4, 0.5) is 5.69 Å². The average molecular weight is 273 g/mol. The van der Waals surface area contributed by atoms with Crippen molar-refractivity contribution in [2.75, 3.05) is 19.0 Å². The maximum absolute atomic E-state index is 4.52. The maximum atomic E-state index is 4.52. The highest BCUT2D eigenvalue weighted by molar-refractivity contribution is 7.15. The van der Waals surface area contributed by atoms with E-state index in [0.29, 0.717) is 0 Å². The van der Waals surface area contributed by atoms with Crippen LogP contribution in [-0.2, 0) is 6.54 Å². The van der Waals surface area contributed by atoms with E-state index < -0.39 is 0 Å². The van der Waals surface area contributed by atoms with Crippen LogP contribution in [0, 0.1) is 0 Å². The quantitative estimate of drug-likeness (QED) is 0.907. The number of rotatable bonds is 5. The summed E-state index contributed by atoms with van der Waals surface area (Å²) in [6, 6.07) is 9.32. The summed E-state index contributed by atoms with van der Waals surface area (Å²) in [5.74, 6) is 0. The SMILES string of the molecule is CN(C)c1ccc(-c2ncc(CNC3CC3)s2)cc1. The first kappa shape index (κ1) is 12.6. The van der Waals surface area contributed by atoms with Gasteiger partial charge < -0.3 is 10.2 Å². The van der Waals surface area contributed by atoms with Gasteiger partial charge >= 0.3 is 0 Å². The van der Waals surface area contributed by atoms with Crippen LogP contribution in [0.5, 0.6) is 0 Å². The minimum absolute atomic E-state index is 0.755. The van der Waals surface area contributed by atoms with Crippen LogP contribution in [-0.4, -0.2) is 25.1 Å². The van der Waals surface area contributed by atoms with Gasteiger partial charge in [0.2, 0.25) is 0 Å². The summed E-state index contributed by atoms with van der Waals surface area (Å²) in [5, 5.41) is 4.63. The molecule has 0 unspecified atom stereocenters. The highest BCUT2D eigenvalue weighted by Crippen LogP contribution is 2.27. The lowest BCUT2D eigenvalue weighted by Crippen LogP contribution is -2.14. The molecule has 3 nitrogen and oxygen atoms in total. The number of thiazole rings is 1. The molecule has 0 bridgehead atoms. The van der Waals surface area contributed by atoms with Crippen LogP contribution >= 0.6 is 11.3 Å². The lowest BCUT2D eigenvalue weighted by molar-refractivity contribution is 0.694. The van der Waals surface area contributed by atoms with Crippen molar-refractivity contribution in [3.63, 3.8) is 0 Å². The van der Waals surface area contributed by atoms with Crippen molar-refractivity contribution >= 4 is 17.0 Å². The zero-order valence-corrected chi connectivity index (χ0v) is 12.2. The molecule has 1 aromatic carbocycles. The van der Waals surface area contributed by atoms with Crippen molar-refractivity contribution in [3.05, 3.63) is 35.3 Å². The first-order valence-electron chi connectivity index (χ1n) is 6.68. The molecule has 3 rings (SSSR count). The second-order valence-corrected chi connectivity index (χ2v) is 6.34. The van der Waals surface area contributed by atoms with E-state index in [2.05, 4.69) is 53.6 Å². The van der Waals surface area contributed by atoms with E-state index in [1.807, 2.05) is 6.20 Å². The molecular weight excluding hydrogens is 254 g/mol. The molecule has 1 aromatic heterocycles. The summed E-state index contributed by atoms with van der Waals surface area (Å²) in [6.07, 6.45) is 4.66. The van der Waals surface area contributed by atoms with E-state index in [9.17, 15) is 0 Å². The Morgan fingerprint density at radius 3 is 2.63 bits per heavy atom. The summed E-state index contributed by atoms with van der Waals surface area (Å²) in [5.41, 5.74) is 2.42. The summed E-state index contributed by atoms with van der Waals surface area (Å²) < 4.78 is 0. The van der Waals surface area contributed by atoms with Gasteiger partial charge in [0.15, 0.2) is 0 Å². The molecule has 0 radical (unpaired) electrons. The largest absolute Gasteiger partial charge is 0.378 e. The Morgan fingerprint density at radius 2 is 2.00 bits per heavy atom. The monoisotopic (exact) mass is 273 g/mol. The van der Waals surface area contributed by atoms with E-state index >= 15 is 0 Å². The zero-order valence-electron chi connectivity index (χ0n) is 11.4. The van der Waals surface area contributed by atoms with Gasteiger partial charge in [0.05, 0.1) is 0 Å². The Labute approximate surface area is 118 Å². The smallest absolute Gasteiger partial charge is 0.123 e. The van der Waals surface area contributed by atoms with E-state index in [-0.39, 0.29) is 0 Å². The fraction of sp³-hybridized carbons (Fsp3) is 0.400. The van der Waals surface area contributed by atoms with Gasteiger partial charge in [-0.3, -0.25) is 0 Å². The van der Waals surface area contributed by atoms with Gasteiger partial charge in [-0.05, 0) is 37.1 Å². The minimum Gasteiger partial charge on any atom is -0.378 e. The third kappa shape index (κ3) is 3.14. The van der Waals surface area contributed by atoms with Crippen molar-refractivity contribution in [1.29, 1.82) is 0 Å². The molecule has 1 aliphatic rings. The molecule has 0 aliphatic heterocycles. The Balaban J connectivity index is 1.70. The second kappa shape index (κ2) is 5.31. The molecule has 1 N–H and O–H groups in total. The lowest BCUT2D eigenvalue weighted by Gasteiger charge is -2.11. The summed E-state index contributed by atoms with van der Waals surface area (Å²) >= 11 is 1.78. The van der Waals surface area contributed by atoms with Crippen molar-refractivity contribution < 1.29 is 0 Å². The summed E-state index contributed by atoms with van der Waals surface area (Å²) in [6.45, 7) is 0.956. The fourth-order valence-corrected chi connectivity index (χ4v) is 2.83.